The molecule has 1 rings (SSSR count). The van der Waals surface area contributed by atoms with Crippen LogP contribution in [-0.2, 0) is 0 Å². The molecule has 0 spiro atoms. The van der Waals surface area contributed by atoms with Crippen molar-refractivity contribution in [3.8, 4) is 0 Å². The predicted octanol–water partition coefficient (Wildman–Crippen LogP) is 3.88. The third-order valence-electron chi connectivity index (χ3n) is 3.27. The van der Waals surface area contributed by atoms with E-state index in [1.54, 1.807) is 0 Å². The minimum atomic E-state index is -0.252. The lowest BCUT2D eigenvalue weighted by Crippen LogP contribution is -2.45. The van der Waals surface area contributed by atoms with Gasteiger partial charge in [-0.25, -0.2) is 0 Å². The number of carbonyl (C=O) groups is 1. The number of carbonyl (C=O) groups excluding carboxylic acids is 1. The van der Waals surface area contributed by atoms with Crippen LogP contribution in [0, 0.1) is 0 Å². The van der Waals surface area contributed by atoms with E-state index in [0.717, 1.165) is 12.8 Å². The first kappa shape index (κ1) is 15.1. The first-order valence-electron chi connectivity index (χ1n) is 5.90. The molecule has 0 heterocycles. The monoisotopic (exact) mass is 288 g/mol. The summed E-state index contributed by atoms with van der Waals surface area (Å²) in [5.41, 5.74) is 6.15. The van der Waals surface area contributed by atoms with Gasteiger partial charge in [0.2, 0.25) is 0 Å². The Morgan fingerprint density at radius 3 is 2.39 bits per heavy atom. The molecule has 0 fully saturated rings. The third-order valence-corrected chi connectivity index (χ3v) is 4.07. The van der Waals surface area contributed by atoms with E-state index in [1.165, 1.54) is 12.1 Å². The van der Waals surface area contributed by atoms with E-state index in [0.29, 0.717) is 11.3 Å². The molecule has 0 aliphatic rings. The Bertz CT molecular complexity index is 457. The Morgan fingerprint density at radius 2 is 1.89 bits per heavy atom. The molecule has 1 aromatic rings. The first-order valence-corrected chi connectivity index (χ1v) is 6.65. The molecule has 100 valence electrons. The van der Waals surface area contributed by atoms with Gasteiger partial charge in [-0.15, -0.1) is 0 Å². The Morgan fingerprint density at radius 1 is 1.33 bits per heavy atom. The molecule has 0 saturated carbocycles. The highest BCUT2D eigenvalue weighted by Crippen LogP contribution is 2.29. The van der Waals surface area contributed by atoms with Crippen molar-refractivity contribution in [2.45, 2.75) is 39.2 Å². The van der Waals surface area contributed by atoms with Crippen molar-refractivity contribution in [2.75, 3.05) is 5.73 Å². The lowest BCUT2D eigenvalue weighted by molar-refractivity contribution is 0.0901. The average Bonchev–Trinajstić information content (AvgIpc) is 2.33. The van der Waals surface area contributed by atoms with E-state index in [2.05, 4.69) is 5.32 Å². The molecule has 3 nitrogen and oxygen atoms in total. The van der Waals surface area contributed by atoms with Crippen molar-refractivity contribution in [1.29, 1.82) is 0 Å². The zero-order valence-corrected chi connectivity index (χ0v) is 12.3. The fraction of sp³-hybridized carbons (Fsp3) is 0.462. The molecule has 0 radical (unpaired) electrons. The van der Waals surface area contributed by atoms with Crippen LogP contribution in [0.3, 0.4) is 0 Å². The lowest BCUT2D eigenvalue weighted by atomic mass is 9.95. The molecule has 0 atom stereocenters. The van der Waals surface area contributed by atoms with E-state index < -0.39 is 0 Å². The summed E-state index contributed by atoms with van der Waals surface area (Å²) in [6, 6.07) is 3.06. The zero-order chi connectivity index (χ0) is 13.9. The molecule has 1 amide bonds. The van der Waals surface area contributed by atoms with Crippen LogP contribution in [-0.4, -0.2) is 11.4 Å². The molecule has 0 aliphatic carbocycles. The number of hydrogen-bond acceptors (Lipinski definition) is 2. The summed E-state index contributed by atoms with van der Waals surface area (Å²) in [5, 5.41) is 3.49. The van der Waals surface area contributed by atoms with Crippen LogP contribution in [0.2, 0.25) is 10.0 Å². The molecular formula is C13H18Cl2N2O. The van der Waals surface area contributed by atoms with Gasteiger partial charge in [0.1, 0.15) is 0 Å². The smallest absolute Gasteiger partial charge is 0.253 e. The van der Waals surface area contributed by atoms with Crippen molar-refractivity contribution >= 4 is 34.8 Å². The standard InChI is InChI=1S/C13H18Cl2N2O/c1-4-13(3,5-2)17-12(18)9-6-8(16)7-10(14)11(9)15/h6-7H,4-5,16H2,1-3H3,(H,17,18). The molecule has 3 N–H and O–H groups in total. The van der Waals surface area contributed by atoms with Crippen LogP contribution in [0.1, 0.15) is 44.0 Å². The molecule has 0 aromatic heterocycles. The van der Waals surface area contributed by atoms with Gasteiger partial charge < -0.3 is 11.1 Å². The summed E-state index contributed by atoms with van der Waals surface area (Å²) >= 11 is 11.9. The normalized spacial score (nSPS) is 11.4. The van der Waals surface area contributed by atoms with Gasteiger partial charge in [0.25, 0.3) is 5.91 Å². The number of halogens is 2. The van der Waals surface area contributed by atoms with Crippen LogP contribution < -0.4 is 11.1 Å². The highest BCUT2D eigenvalue weighted by molar-refractivity contribution is 6.44. The number of rotatable bonds is 4. The maximum atomic E-state index is 12.2. The van der Waals surface area contributed by atoms with Crippen LogP contribution >= 0.6 is 23.2 Å². The number of nitrogens with two attached hydrogens (primary N) is 1. The second-order valence-corrected chi connectivity index (χ2v) is 5.37. The van der Waals surface area contributed by atoms with Gasteiger partial charge >= 0.3 is 0 Å². The Balaban J connectivity index is 3.05. The van der Waals surface area contributed by atoms with Crippen molar-refractivity contribution in [2.24, 2.45) is 0 Å². The van der Waals surface area contributed by atoms with Gasteiger partial charge in [-0.05, 0) is 31.9 Å². The SMILES string of the molecule is CCC(C)(CC)NC(=O)c1cc(N)cc(Cl)c1Cl. The Kier molecular flexibility index (Phi) is 4.88. The van der Waals surface area contributed by atoms with Gasteiger partial charge in [-0.2, -0.15) is 0 Å². The second kappa shape index (κ2) is 5.81. The molecule has 0 bridgehead atoms. The van der Waals surface area contributed by atoms with E-state index in [1.807, 2.05) is 20.8 Å². The van der Waals surface area contributed by atoms with Gasteiger partial charge in [-0.3, -0.25) is 4.79 Å². The second-order valence-electron chi connectivity index (χ2n) is 4.59. The highest BCUT2D eigenvalue weighted by Gasteiger charge is 2.24. The minimum Gasteiger partial charge on any atom is -0.399 e. The molecule has 0 unspecified atom stereocenters. The van der Waals surface area contributed by atoms with E-state index in [-0.39, 0.29) is 21.5 Å². The lowest BCUT2D eigenvalue weighted by Gasteiger charge is -2.28. The number of nitrogens with one attached hydrogen (secondary N) is 1. The number of anilines is 1. The van der Waals surface area contributed by atoms with Gasteiger partial charge in [-0.1, -0.05) is 37.0 Å². The van der Waals surface area contributed by atoms with E-state index >= 15 is 0 Å². The maximum Gasteiger partial charge on any atom is 0.253 e. The van der Waals surface area contributed by atoms with Crippen molar-refractivity contribution < 1.29 is 4.79 Å². The highest BCUT2D eigenvalue weighted by atomic mass is 35.5. The molecule has 0 saturated heterocycles. The quantitative estimate of drug-likeness (QED) is 0.826. The molecule has 5 heteroatoms. The van der Waals surface area contributed by atoms with Gasteiger partial charge in [0.15, 0.2) is 0 Å². The molecule has 18 heavy (non-hydrogen) atoms. The zero-order valence-electron chi connectivity index (χ0n) is 10.8. The van der Waals surface area contributed by atoms with Crippen LogP contribution in [0.5, 0.6) is 0 Å². The van der Waals surface area contributed by atoms with Crippen molar-refractivity contribution in [3.05, 3.63) is 27.7 Å². The first-order chi connectivity index (χ1) is 8.33. The van der Waals surface area contributed by atoms with Crippen LogP contribution in [0.15, 0.2) is 12.1 Å². The predicted molar refractivity (Wildman–Crippen MR) is 77.3 cm³/mol. The summed E-state index contributed by atoms with van der Waals surface area (Å²) in [5.74, 6) is -0.250. The molecular weight excluding hydrogens is 271 g/mol. The topological polar surface area (TPSA) is 55.1 Å². The van der Waals surface area contributed by atoms with E-state index in [9.17, 15) is 4.79 Å². The fourth-order valence-electron chi connectivity index (χ4n) is 1.54. The van der Waals surface area contributed by atoms with E-state index in [4.69, 9.17) is 28.9 Å². The van der Waals surface area contributed by atoms with Gasteiger partial charge in [0.05, 0.1) is 15.6 Å². The molecule has 1 aromatic carbocycles. The largest absolute Gasteiger partial charge is 0.399 e. The van der Waals surface area contributed by atoms with Crippen molar-refractivity contribution in [3.63, 3.8) is 0 Å². The summed E-state index contributed by atoms with van der Waals surface area (Å²) in [4.78, 5) is 12.2. The summed E-state index contributed by atoms with van der Waals surface area (Å²) in [6.45, 7) is 6.04. The van der Waals surface area contributed by atoms with Crippen LogP contribution in [0.25, 0.3) is 0 Å². The number of amides is 1. The Labute approximate surface area is 118 Å². The fourth-order valence-corrected chi connectivity index (χ4v) is 1.97. The number of hydrogen-bond donors (Lipinski definition) is 2. The summed E-state index contributed by atoms with van der Waals surface area (Å²) in [7, 11) is 0. The van der Waals surface area contributed by atoms with Crippen LogP contribution in [0.4, 0.5) is 5.69 Å². The van der Waals surface area contributed by atoms with Gasteiger partial charge in [0, 0.05) is 11.2 Å². The summed E-state index contributed by atoms with van der Waals surface area (Å²) in [6.07, 6.45) is 1.67. The van der Waals surface area contributed by atoms with Crippen molar-refractivity contribution in [1.82, 2.24) is 5.32 Å². The Hall–Kier alpha value is -0.930. The third kappa shape index (κ3) is 3.30. The molecule has 0 aliphatic heterocycles. The number of nitrogen functional groups attached to an aromatic ring is 1. The maximum absolute atomic E-state index is 12.2. The summed E-state index contributed by atoms with van der Waals surface area (Å²) < 4.78 is 0. The minimum absolute atomic E-state index is 0.234. The average molecular weight is 289 g/mol. The number of benzene rings is 1.